The van der Waals surface area contributed by atoms with Crippen LogP contribution in [0.4, 0.5) is 8.78 Å². The monoisotopic (exact) mass is 296 g/mol. The van der Waals surface area contributed by atoms with Gasteiger partial charge in [-0.05, 0) is 64.4 Å². The first-order chi connectivity index (χ1) is 10.0. The second-order valence-corrected chi connectivity index (χ2v) is 6.21. The Labute approximate surface area is 126 Å². The van der Waals surface area contributed by atoms with Gasteiger partial charge in [-0.1, -0.05) is 18.2 Å². The van der Waals surface area contributed by atoms with E-state index in [0.29, 0.717) is 12.0 Å². The van der Waals surface area contributed by atoms with E-state index in [0.717, 1.165) is 25.1 Å². The minimum absolute atomic E-state index is 0.130. The minimum atomic E-state index is -2.40. The second-order valence-electron chi connectivity index (χ2n) is 6.21. The normalized spacial score (nSPS) is 24.0. The molecule has 2 nitrogen and oxygen atoms in total. The molecule has 1 heterocycles. The third-order valence-electron chi connectivity index (χ3n) is 4.43. The van der Waals surface area contributed by atoms with E-state index in [2.05, 4.69) is 24.1 Å². The van der Waals surface area contributed by atoms with E-state index >= 15 is 0 Å². The number of benzene rings is 1. The number of alkyl halides is 2. The van der Waals surface area contributed by atoms with Crippen molar-refractivity contribution in [3.8, 4) is 0 Å². The molecule has 1 saturated heterocycles. The van der Waals surface area contributed by atoms with Gasteiger partial charge < -0.3 is 5.32 Å². The van der Waals surface area contributed by atoms with Crippen molar-refractivity contribution in [1.29, 1.82) is 0 Å². The molecular formula is C17H26F2N2. The maximum atomic E-state index is 13.0. The van der Waals surface area contributed by atoms with Crippen LogP contribution >= 0.6 is 0 Å². The molecule has 2 unspecified atom stereocenters. The van der Waals surface area contributed by atoms with Crippen molar-refractivity contribution in [3.05, 3.63) is 35.4 Å². The van der Waals surface area contributed by atoms with E-state index in [1.807, 2.05) is 13.1 Å². The van der Waals surface area contributed by atoms with Gasteiger partial charge in [0.15, 0.2) is 0 Å². The molecule has 1 aromatic carbocycles. The van der Waals surface area contributed by atoms with E-state index in [9.17, 15) is 8.78 Å². The lowest BCUT2D eigenvalue weighted by Gasteiger charge is -2.44. The molecule has 1 N–H and O–H groups in total. The van der Waals surface area contributed by atoms with Crippen LogP contribution in [0.5, 0.6) is 0 Å². The summed E-state index contributed by atoms with van der Waals surface area (Å²) in [4.78, 5) is 2.45. The van der Waals surface area contributed by atoms with Gasteiger partial charge in [0.05, 0.1) is 0 Å². The topological polar surface area (TPSA) is 15.3 Å². The van der Waals surface area contributed by atoms with E-state index in [-0.39, 0.29) is 11.6 Å². The first-order valence-electron chi connectivity index (χ1n) is 7.83. The van der Waals surface area contributed by atoms with Crippen LogP contribution in [0.25, 0.3) is 0 Å². The fraction of sp³-hybridized carbons (Fsp3) is 0.647. The summed E-state index contributed by atoms with van der Waals surface area (Å²) in [6, 6.07) is 7.62. The number of halogens is 2. The summed E-state index contributed by atoms with van der Waals surface area (Å²) in [7, 11) is 1.96. The number of nitrogens with one attached hydrogen (secondary N) is 1. The lowest BCUT2D eigenvalue weighted by molar-refractivity contribution is 0.0633. The minimum Gasteiger partial charge on any atom is -0.319 e. The zero-order chi connectivity index (χ0) is 15.4. The van der Waals surface area contributed by atoms with Crippen molar-refractivity contribution in [1.82, 2.24) is 10.2 Å². The molecule has 1 aliphatic rings. The largest absolute Gasteiger partial charge is 0.319 e. The molecule has 0 spiro atoms. The van der Waals surface area contributed by atoms with Gasteiger partial charge in [0.2, 0.25) is 0 Å². The molecule has 1 aromatic rings. The zero-order valence-electron chi connectivity index (χ0n) is 13.2. The molecule has 1 fully saturated rings. The van der Waals surface area contributed by atoms with Gasteiger partial charge in [0.1, 0.15) is 0 Å². The van der Waals surface area contributed by atoms with E-state index in [4.69, 9.17) is 0 Å². The third-order valence-corrected chi connectivity index (χ3v) is 4.43. The lowest BCUT2D eigenvalue weighted by atomic mass is 9.83. The summed E-state index contributed by atoms with van der Waals surface area (Å²) in [5.74, 6) is 0.471. The summed E-state index contributed by atoms with van der Waals surface area (Å²) >= 11 is 0. The third kappa shape index (κ3) is 3.80. The van der Waals surface area contributed by atoms with Crippen molar-refractivity contribution in [2.75, 3.05) is 20.1 Å². The summed E-state index contributed by atoms with van der Waals surface area (Å²) < 4.78 is 26.0. The molecule has 0 aromatic heterocycles. The predicted octanol–water partition coefficient (Wildman–Crippen LogP) is 4.01. The number of nitrogens with zero attached hydrogens (tertiary/aromatic N) is 1. The zero-order valence-corrected chi connectivity index (χ0v) is 13.2. The number of hydrogen-bond acceptors (Lipinski definition) is 2. The maximum Gasteiger partial charge on any atom is 0.263 e. The van der Waals surface area contributed by atoms with Gasteiger partial charge in [0, 0.05) is 17.6 Å². The van der Waals surface area contributed by atoms with E-state index in [1.54, 1.807) is 12.1 Å². The number of likely N-dealkylation sites (tertiary alicyclic amines) is 1. The Bertz CT molecular complexity index is 446. The Morgan fingerprint density at radius 1 is 1.33 bits per heavy atom. The average Bonchev–Trinajstić information content (AvgIpc) is 2.47. The van der Waals surface area contributed by atoms with E-state index < -0.39 is 6.43 Å². The SMILES string of the molecule is CNCC1CCCN(C(C)C)C1c1cccc(C(F)F)c1. The number of rotatable bonds is 5. The Hall–Kier alpha value is -1.00. The van der Waals surface area contributed by atoms with Crippen molar-refractivity contribution in [3.63, 3.8) is 0 Å². The van der Waals surface area contributed by atoms with Crippen LogP contribution in [0.3, 0.4) is 0 Å². The molecular weight excluding hydrogens is 270 g/mol. The highest BCUT2D eigenvalue weighted by molar-refractivity contribution is 5.28. The van der Waals surface area contributed by atoms with Crippen molar-refractivity contribution >= 4 is 0 Å². The molecule has 0 amide bonds. The Balaban J connectivity index is 2.34. The fourth-order valence-electron chi connectivity index (χ4n) is 3.50. The van der Waals surface area contributed by atoms with Gasteiger partial charge in [-0.2, -0.15) is 0 Å². The predicted molar refractivity (Wildman–Crippen MR) is 82.6 cm³/mol. The first kappa shape index (κ1) is 16.4. The van der Waals surface area contributed by atoms with Crippen molar-refractivity contribution in [2.45, 2.75) is 45.2 Å². The molecule has 2 rings (SSSR count). The summed E-state index contributed by atoms with van der Waals surface area (Å²) in [5, 5.41) is 3.26. The van der Waals surface area contributed by atoms with Crippen LogP contribution in [0.15, 0.2) is 24.3 Å². The molecule has 118 valence electrons. The Kier molecular flexibility index (Phi) is 5.71. The second kappa shape index (κ2) is 7.32. The highest BCUT2D eigenvalue weighted by atomic mass is 19.3. The quantitative estimate of drug-likeness (QED) is 0.883. The smallest absolute Gasteiger partial charge is 0.263 e. The molecule has 0 bridgehead atoms. The van der Waals surface area contributed by atoms with Crippen LogP contribution in [0.1, 0.15) is 50.3 Å². The van der Waals surface area contributed by atoms with Gasteiger partial charge in [-0.3, -0.25) is 4.90 Å². The average molecular weight is 296 g/mol. The standard InChI is InChI=1S/C17H26F2N2/c1-12(2)21-9-5-8-15(11-20-3)16(21)13-6-4-7-14(10-13)17(18)19/h4,6-7,10,12,15-17,20H,5,8-9,11H2,1-3H3. The van der Waals surface area contributed by atoms with Gasteiger partial charge in [-0.25, -0.2) is 8.78 Å². The number of hydrogen-bond donors (Lipinski definition) is 1. The highest BCUT2D eigenvalue weighted by Gasteiger charge is 2.33. The van der Waals surface area contributed by atoms with Gasteiger partial charge in [0.25, 0.3) is 6.43 Å². The van der Waals surface area contributed by atoms with E-state index in [1.165, 1.54) is 12.5 Å². The van der Waals surface area contributed by atoms with Crippen LogP contribution in [0.2, 0.25) is 0 Å². The summed E-state index contributed by atoms with van der Waals surface area (Å²) in [5.41, 5.74) is 1.16. The molecule has 0 aliphatic carbocycles. The van der Waals surface area contributed by atoms with Crippen LogP contribution in [-0.4, -0.2) is 31.1 Å². The lowest BCUT2D eigenvalue weighted by Crippen LogP contribution is -2.45. The van der Waals surface area contributed by atoms with Gasteiger partial charge in [-0.15, -0.1) is 0 Å². The number of piperidine rings is 1. The van der Waals surface area contributed by atoms with Crippen molar-refractivity contribution < 1.29 is 8.78 Å². The van der Waals surface area contributed by atoms with Crippen molar-refractivity contribution in [2.24, 2.45) is 5.92 Å². The summed E-state index contributed by atoms with van der Waals surface area (Å²) in [6.07, 6.45) is -0.0767. The maximum absolute atomic E-state index is 13.0. The Morgan fingerprint density at radius 2 is 2.10 bits per heavy atom. The highest BCUT2D eigenvalue weighted by Crippen LogP contribution is 2.38. The molecule has 0 radical (unpaired) electrons. The molecule has 0 saturated carbocycles. The van der Waals surface area contributed by atoms with Crippen LogP contribution < -0.4 is 5.32 Å². The molecule has 4 heteroatoms. The molecule has 21 heavy (non-hydrogen) atoms. The Morgan fingerprint density at radius 3 is 2.71 bits per heavy atom. The fourth-order valence-corrected chi connectivity index (χ4v) is 3.50. The molecule has 2 atom stereocenters. The van der Waals surface area contributed by atoms with Crippen LogP contribution in [0, 0.1) is 5.92 Å². The summed E-state index contributed by atoms with van der Waals surface area (Å²) in [6.45, 7) is 6.34. The van der Waals surface area contributed by atoms with Crippen LogP contribution in [-0.2, 0) is 0 Å². The molecule has 1 aliphatic heterocycles. The first-order valence-corrected chi connectivity index (χ1v) is 7.83. The van der Waals surface area contributed by atoms with Gasteiger partial charge >= 0.3 is 0 Å².